The fraction of sp³-hybridized carbons (Fsp3) is 0.176. The molecule has 100 valence electrons. The largest absolute Gasteiger partial charge is 0.303 e. The van der Waals surface area contributed by atoms with Crippen LogP contribution in [-0.4, -0.2) is 11.3 Å². The highest BCUT2D eigenvalue weighted by atomic mass is 32.1. The minimum Gasteiger partial charge on any atom is -0.303 e. The number of thiazole rings is 1. The average molecular weight is 281 g/mol. The van der Waals surface area contributed by atoms with Crippen LogP contribution < -0.4 is 0 Å². The van der Waals surface area contributed by atoms with Gasteiger partial charge < -0.3 is 4.79 Å². The van der Waals surface area contributed by atoms with Gasteiger partial charge in [-0.25, -0.2) is 4.98 Å². The molecule has 0 aliphatic carbocycles. The predicted octanol–water partition coefficient (Wildman–Crippen LogP) is 4.66. The van der Waals surface area contributed by atoms with Gasteiger partial charge in [0, 0.05) is 12.0 Å². The van der Waals surface area contributed by atoms with E-state index in [9.17, 15) is 4.79 Å². The van der Waals surface area contributed by atoms with Crippen LogP contribution in [0.5, 0.6) is 0 Å². The van der Waals surface area contributed by atoms with Crippen LogP contribution >= 0.6 is 11.3 Å². The van der Waals surface area contributed by atoms with Crippen LogP contribution in [0.1, 0.15) is 24.8 Å². The summed E-state index contributed by atoms with van der Waals surface area (Å²) in [7, 11) is 0. The smallest absolute Gasteiger partial charge is 0.124 e. The van der Waals surface area contributed by atoms with Crippen LogP contribution in [0.2, 0.25) is 0 Å². The number of hydrogen-bond acceptors (Lipinski definition) is 3. The topological polar surface area (TPSA) is 30.0 Å². The summed E-state index contributed by atoms with van der Waals surface area (Å²) in [6.07, 6.45) is 1.53. The molecule has 0 saturated carbocycles. The molecule has 3 aromatic rings. The molecule has 0 fully saturated rings. The van der Waals surface area contributed by atoms with Crippen LogP contribution in [0.25, 0.3) is 20.8 Å². The lowest BCUT2D eigenvalue weighted by atomic mass is 9.94. The van der Waals surface area contributed by atoms with Gasteiger partial charge in [0.15, 0.2) is 0 Å². The summed E-state index contributed by atoms with van der Waals surface area (Å²) in [5.41, 5.74) is 3.37. The first-order valence-electron chi connectivity index (χ1n) is 6.68. The minimum absolute atomic E-state index is 0.218. The Labute approximate surface area is 122 Å². The highest BCUT2D eigenvalue weighted by molar-refractivity contribution is 7.21. The third-order valence-corrected chi connectivity index (χ3v) is 4.54. The molecule has 1 heterocycles. The molecule has 2 nitrogen and oxygen atoms in total. The molecule has 1 aromatic heterocycles. The predicted molar refractivity (Wildman–Crippen MR) is 84.2 cm³/mol. The second-order valence-electron chi connectivity index (χ2n) is 4.88. The fourth-order valence-corrected chi connectivity index (χ4v) is 3.39. The lowest BCUT2D eigenvalue weighted by molar-refractivity contribution is -0.108. The summed E-state index contributed by atoms with van der Waals surface area (Å²) < 4.78 is 1.19. The van der Waals surface area contributed by atoms with Gasteiger partial charge in [-0.2, -0.15) is 0 Å². The number of carbonyl (C=O) groups excluding carboxylic acids is 1. The van der Waals surface area contributed by atoms with Crippen molar-refractivity contribution in [1.82, 2.24) is 4.98 Å². The summed E-state index contributed by atoms with van der Waals surface area (Å²) in [6, 6.07) is 16.4. The van der Waals surface area contributed by atoms with Crippen LogP contribution in [0.15, 0.2) is 48.5 Å². The Morgan fingerprint density at radius 2 is 1.90 bits per heavy atom. The van der Waals surface area contributed by atoms with Crippen LogP contribution in [0, 0.1) is 0 Å². The van der Waals surface area contributed by atoms with Gasteiger partial charge >= 0.3 is 0 Å². The van der Waals surface area contributed by atoms with E-state index in [0.717, 1.165) is 22.4 Å². The molecular formula is C17H15NOS. The molecule has 0 N–H and O–H groups in total. The minimum atomic E-state index is 0.218. The molecule has 1 unspecified atom stereocenters. The van der Waals surface area contributed by atoms with Gasteiger partial charge in [-0.15, -0.1) is 11.3 Å². The highest BCUT2D eigenvalue weighted by Gasteiger charge is 2.14. The Morgan fingerprint density at radius 3 is 2.70 bits per heavy atom. The molecule has 0 amide bonds. The number of rotatable bonds is 4. The zero-order chi connectivity index (χ0) is 13.9. The van der Waals surface area contributed by atoms with Crippen molar-refractivity contribution < 1.29 is 4.79 Å². The van der Waals surface area contributed by atoms with Gasteiger partial charge in [0.2, 0.25) is 0 Å². The van der Waals surface area contributed by atoms with Crippen LogP contribution in [0.3, 0.4) is 0 Å². The van der Waals surface area contributed by atoms with Gasteiger partial charge in [0.25, 0.3) is 0 Å². The second-order valence-corrected chi connectivity index (χ2v) is 5.91. The molecule has 0 spiro atoms. The second kappa shape index (κ2) is 5.55. The van der Waals surface area contributed by atoms with Crippen molar-refractivity contribution in [3.05, 3.63) is 54.1 Å². The van der Waals surface area contributed by atoms with Gasteiger partial charge in [0.05, 0.1) is 10.2 Å². The lowest BCUT2D eigenvalue weighted by Crippen LogP contribution is -1.97. The summed E-state index contributed by atoms with van der Waals surface area (Å²) in [5, 5.41) is 1.03. The first-order chi connectivity index (χ1) is 9.79. The van der Waals surface area contributed by atoms with E-state index in [-0.39, 0.29) is 5.92 Å². The molecule has 2 aromatic carbocycles. The Bertz CT molecular complexity index is 714. The maximum Gasteiger partial charge on any atom is 0.124 e. The summed E-state index contributed by atoms with van der Waals surface area (Å²) in [5.74, 6) is 0.218. The zero-order valence-corrected chi connectivity index (χ0v) is 12.1. The normalized spacial score (nSPS) is 12.4. The molecule has 0 saturated heterocycles. The van der Waals surface area contributed by atoms with Crippen molar-refractivity contribution in [2.24, 2.45) is 0 Å². The number of benzene rings is 2. The maximum absolute atomic E-state index is 10.8. The van der Waals surface area contributed by atoms with E-state index in [0.29, 0.717) is 6.42 Å². The maximum atomic E-state index is 10.8. The molecule has 0 aliphatic rings. The van der Waals surface area contributed by atoms with E-state index in [1.165, 1.54) is 10.3 Å². The molecule has 0 radical (unpaired) electrons. The summed E-state index contributed by atoms with van der Waals surface area (Å²) in [6.45, 7) is 2.08. The van der Waals surface area contributed by atoms with Gasteiger partial charge in [-0.05, 0) is 23.6 Å². The highest BCUT2D eigenvalue weighted by Crippen LogP contribution is 2.35. The van der Waals surface area contributed by atoms with E-state index in [1.54, 1.807) is 11.3 Å². The summed E-state index contributed by atoms with van der Waals surface area (Å²) >= 11 is 1.70. The van der Waals surface area contributed by atoms with E-state index in [2.05, 4.69) is 25.1 Å². The van der Waals surface area contributed by atoms with Crippen molar-refractivity contribution in [2.75, 3.05) is 0 Å². The molecule has 20 heavy (non-hydrogen) atoms. The molecule has 3 heteroatoms. The van der Waals surface area contributed by atoms with Crippen LogP contribution in [0.4, 0.5) is 0 Å². The van der Waals surface area contributed by atoms with Crippen molar-refractivity contribution in [3.8, 4) is 10.6 Å². The molecule has 3 rings (SSSR count). The van der Waals surface area contributed by atoms with E-state index < -0.39 is 0 Å². The number of aromatic nitrogens is 1. The lowest BCUT2D eigenvalue weighted by Gasteiger charge is -2.12. The number of hydrogen-bond donors (Lipinski definition) is 0. The standard InChI is InChI=1S/C17H15NOS/c1-12(10-11-19)13-6-2-3-7-14(13)17-18-15-8-4-5-9-16(15)20-17/h2-9,11-12H,10H2,1H3. The molecule has 0 bridgehead atoms. The van der Waals surface area contributed by atoms with Crippen molar-refractivity contribution >= 4 is 27.8 Å². The van der Waals surface area contributed by atoms with E-state index >= 15 is 0 Å². The van der Waals surface area contributed by atoms with Crippen molar-refractivity contribution in [2.45, 2.75) is 19.3 Å². The van der Waals surface area contributed by atoms with E-state index in [4.69, 9.17) is 4.98 Å². The molecule has 1 atom stereocenters. The van der Waals surface area contributed by atoms with Gasteiger partial charge in [0.1, 0.15) is 11.3 Å². The Kier molecular flexibility index (Phi) is 3.61. The number of aldehydes is 1. The van der Waals surface area contributed by atoms with Crippen molar-refractivity contribution in [3.63, 3.8) is 0 Å². The Hall–Kier alpha value is -2.00. The Morgan fingerprint density at radius 1 is 1.15 bits per heavy atom. The van der Waals surface area contributed by atoms with Gasteiger partial charge in [-0.3, -0.25) is 0 Å². The van der Waals surface area contributed by atoms with Gasteiger partial charge in [-0.1, -0.05) is 43.3 Å². The summed E-state index contributed by atoms with van der Waals surface area (Å²) in [4.78, 5) is 15.5. The first-order valence-corrected chi connectivity index (χ1v) is 7.49. The third-order valence-electron chi connectivity index (χ3n) is 3.47. The third kappa shape index (κ3) is 2.37. The number of nitrogens with zero attached hydrogens (tertiary/aromatic N) is 1. The van der Waals surface area contributed by atoms with Crippen molar-refractivity contribution in [1.29, 1.82) is 0 Å². The van der Waals surface area contributed by atoms with E-state index in [1.807, 2.05) is 30.3 Å². The number of fused-ring (bicyclic) bond motifs is 1. The quantitative estimate of drug-likeness (QED) is 0.651. The monoisotopic (exact) mass is 281 g/mol. The van der Waals surface area contributed by atoms with Crippen LogP contribution in [-0.2, 0) is 4.79 Å². The fourth-order valence-electron chi connectivity index (χ4n) is 2.38. The first kappa shape index (κ1) is 13.0. The number of carbonyl (C=O) groups is 1. The molecular weight excluding hydrogens is 266 g/mol. The average Bonchev–Trinajstić information content (AvgIpc) is 2.91. The molecule has 0 aliphatic heterocycles. The Balaban J connectivity index is 2.11. The zero-order valence-electron chi connectivity index (χ0n) is 11.2. The SMILES string of the molecule is CC(CC=O)c1ccccc1-c1nc2ccccc2s1. The number of para-hydroxylation sites is 1.